The zero-order chi connectivity index (χ0) is 17.2. The molecule has 24 heavy (non-hydrogen) atoms. The van der Waals surface area contributed by atoms with Gasteiger partial charge >= 0.3 is 0 Å². The van der Waals surface area contributed by atoms with Gasteiger partial charge in [0.1, 0.15) is 5.76 Å². The van der Waals surface area contributed by atoms with Crippen molar-refractivity contribution in [1.82, 2.24) is 15.5 Å². The van der Waals surface area contributed by atoms with Crippen molar-refractivity contribution in [2.45, 2.75) is 26.4 Å². The van der Waals surface area contributed by atoms with Gasteiger partial charge in [0.25, 0.3) is 0 Å². The fourth-order valence-electron chi connectivity index (χ4n) is 2.46. The Bertz CT molecular complexity index is 620. The number of hydrogen-bond donors (Lipinski definition) is 2. The first-order chi connectivity index (χ1) is 11.7. The molecule has 0 saturated heterocycles. The monoisotopic (exact) mass is 328 g/mol. The van der Waals surface area contributed by atoms with E-state index in [-0.39, 0.29) is 0 Å². The van der Waals surface area contributed by atoms with E-state index in [1.54, 1.807) is 6.26 Å². The topological polar surface area (TPSA) is 52.8 Å². The molecule has 0 saturated carbocycles. The zero-order valence-corrected chi connectivity index (χ0v) is 14.9. The van der Waals surface area contributed by atoms with E-state index in [2.05, 4.69) is 65.8 Å². The molecular weight excluding hydrogens is 300 g/mol. The minimum Gasteiger partial charge on any atom is -0.469 e. The van der Waals surface area contributed by atoms with Gasteiger partial charge in [0.2, 0.25) is 0 Å². The Morgan fingerprint density at radius 3 is 2.67 bits per heavy atom. The van der Waals surface area contributed by atoms with E-state index in [1.807, 2.05) is 12.1 Å². The fraction of sp³-hybridized carbons (Fsp3) is 0.421. The largest absolute Gasteiger partial charge is 0.469 e. The molecule has 5 heteroatoms. The molecule has 0 amide bonds. The van der Waals surface area contributed by atoms with Crippen LogP contribution < -0.4 is 10.6 Å². The third-order valence-corrected chi connectivity index (χ3v) is 3.50. The fourth-order valence-corrected chi connectivity index (χ4v) is 2.46. The van der Waals surface area contributed by atoms with Gasteiger partial charge in [0, 0.05) is 26.1 Å². The van der Waals surface area contributed by atoms with Crippen molar-refractivity contribution in [3.05, 3.63) is 59.5 Å². The van der Waals surface area contributed by atoms with E-state index in [1.165, 1.54) is 11.1 Å². The molecule has 0 fully saturated rings. The Kier molecular flexibility index (Phi) is 7.36. The first-order valence-corrected chi connectivity index (χ1v) is 8.44. The molecule has 2 rings (SSSR count). The predicted octanol–water partition coefficient (Wildman–Crippen LogP) is 2.64. The number of guanidine groups is 1. The molecule has 0 unspecified atom stereocenters. The van der Waals surface area contributed by atoms with Gasteiger partial charge < -0.3 is 20.0 Å². The van der Waals surface area contributed by atoms with Crippen LogP contribution in [0.25, 0.3) is 0 Å². The van der Waals surface area contributed by atoms with Crippen molar-refractivity contribution in [3.63, 3.8) is 0 Å². The van der Waals surface area contributed by atoms with Crippen LogP contribution in [-0.2, 0) is 19.5 Å². The van der Waals surface area contributed by atoms with Crippen LogP contribution in [0, 0.1) is 0 Å². The lowest BCUT2D eigenvalue weighted by atomic mass is 10.1. The molecule has 0 aliphatic rings. The molecule has 0 bridgehead atoms. The first kappa shape index (κ1) is 18.1. The minimum atomic E-state index is 0.664. The van der Waals surface area contributed by atoms with Gasteiger partial charge in [-0.1, -0.05) is 24.3 Å². The van der Waals surface area contributed by atoms with Crippen LogP contribution in [0.3, 0.4) is 0 Å². The van der Waals surface area contributed by atoms with E-state index in [0.29, 0.717) is 6.54 Å². The summed E-state index contributed by atoms with van der Waals surface area (Å²) in [6.07, 6.45) is 2.55. The van der Waals surface area contributed by atoms with Gasteiger partial charge in [0.05, 0.1) is 12.8 Å². The van der Waals surface area contributed by atoms with E-state index < -0.39 is 0 Å². The summed E-state index contributed by atoms with van der Waals surface area (Å²) < 4.78 is 5.35. The molecule has 0 spiro atoms. The SMILES string of the molecule is CCNC(=NCc1cccc(CN(C)C)c1)NCCc1ccco1. The number of nitrogens with one attached hydrogen (secondary N) is 2. The van der Waals surface area contributed by atoms with Crippen molar-refractivity contribution < 1.29 is 4.42 Å². The first-order valence-electron chi connectivity index (χ1n) is 8.44. The van der Waals surface area contributed by atoms with Gasteiger partial charge in [-0.2, -0.15) is 0 Å². The third kappa shape index (κ3) is 6.46. The van der Waals surface area contributed by atoms with E-state index >= 15 is 0 Å². The Hall–Kier alpha value is -2.27. The molecule has 0 atom stereocenters. The summed E-state index contributed by atoms with van der Waals surface area (Å²) in [6, 6.07) is 12.5. The average Bonchev–Trinajstić information content (AvgIpc) is 3.06. The van der Waals surface area contributed by atoms with Gasteiger partial charge in [-0.25, -0.2) is 4.99 Å². The minimum absolute atomic E-state index is 0.664. The molecule has 0 radical (unpaired) electrons. The Balaban J connectivity index is 1.89. The molecule has 0 aliphatic carbocycles. The standard InChI is InChI=1S/C19H28N4O/c1-4-20-19(21-11-10-18-9-6-12-24-18)22-14-16-7-5-8-17(13-16)15-23(2)3/h5-9,12-13H,4,10-11,14-15H2,1-3H3,(H2,20,21,22). The number of aliphatic imine (C=N–C) groups is 1. The van der Waals surface area contributed by atoms with Crippen LogP contribution in [0.1, 0.15) is 23.8 Å². The summed E-state index contributed by atoms with van der Waals surface area (Å²) >= 11 is 0. The zero-order valence-electron chi connectivity index (χ0n) is 14.9. The molecule has 2 aromatic rings. The lowest BCUT2D eigenvalue weighted by Crippen LogP contribution is -2.38. The summed E-state index contributed by atoms with van der Waals surface area (Å²) in [5.41, 5.74) is 2.53. The second-order valence-electron chi connectivity index (χ2n) is 6.01. The molecule has 2 N–H and O–H groups in total. The third-order valence-electron chi connectivity index (χ3n) is 3.50. The second kappa shape index (κ2) is 9.78. The predicted molar refractivity (Wildman–Crippen MR) is 99.1 cm³/mol. The summed E-state index contributed by atoms with van der Waals surface area (Å²) in [7, 11) is 4.16. The highest BCUT2D eigenvalue weighted by Gasteiger charge is 2.01. The van der Waals surface area contributed by atoms with Gasteiger partial charge in [-0.3, -0.25) is 0 Å². The highest BCUT2D eigenvalue weighted by Crippen LogP contribution is 2.08. The number of benzene rings is 1. The van der Waals surface area contributed by atoms with Crippen LogP contribution in [0.5, 0.6) is 0 Å². The van der Waals surface area contributed by atoms with Gasteiger partial charge in [0.15, 0.2) is 5.96 Å². The maximum atomic E-state index is 5.35. The smallest absolute Gasteiger partial charge is 0.191 e. The summed E-state index contributed by atoms with van der Waals surface area (Å²) in [5, 5.41) is 6.63. The highest BCUT2D eigenvalue weighted by molar-refractivity contribution is 5.79. The molecule has 1 aromatic heterocycles. The van der Waals surface area contributed by atoms with Crippen molar-refractivity contribution in [3.8, 4) is 0 Å². The lowest BCUT2D eigenvalue weighted by molar-refractivity contribution is 0.402. The van der Waals surface area contributed by atoms with E-state index in [9.17, 15) is 0 Å². The van der Waals surface area contributed by atoms with Crippen LogP contribution in [0.2, 0.25) is 0 Å². The number of furan rings is 1. The van der Waals surface area contributed by atoms with Gasteiger partial charge in [-0.15, -0.1) is 0 Å². The highest BCUT2D eigenvalue weighted by atomic mass is 16.3. The maximum absolute atomic E-state index is 5.35. The van der Waals surface area contributed by atoms with E-state index in [0.717, 1.165) is 37.8 Å². The van der Waals surface area contributed by atoms with E-state index in [4.69, 9.17) is 4.42 Å². The maximum Gasteiger partial charge on any atom is 0.191 e. The van der Waals surface area contributed by atoms with Crippen molar-refractivity contribution in [2.75, 3.05) is 27.2 Å². The molecule has 5 nitrogen and oxygen atoms in total. The van der Waals surface area contributed by atoms with Crippen LogP contribution in [-0.4, -0.2) is 38.0 Å². The lowest BCUT2D eigenvalue weighted by Gasteiger charge is -2.12. The summed E-state index contributed by atoms with van der Waals surface area (Å²) in [5.74, 6) is 1.82. The molecule has 1 aromatic carbocycles. The summed E-state index contributed by atoms with van der Waals surface area (Å²) in [6.45, 7) is 5.31. The molecule has 0 aliphatic heterocycles. The van der Waals surface area contributed by atoms with Crippen molar-refractivity contribution >= 4 is 5.96 Å². The Labute approximate surface area is 144 Å². The average molecular weight is 328 g/mol. The molecule has 130 valence electrons. The number of rotatable bonds is 8. The second-order valence-corrected chi connectivity index (χ2v) is 6.01. The molecule has 1 heterocycles. The van der Waals surface area contributed by atoms with Crippen LogP contribution in [0.4, 0.5) is 0 Å². The van der Waals surface area contributed by atoms with Crippen LogP contribution in [0.15, 0.2) is 52.1 Å². The summed E-state index contributed by atoms with van der Waals surface area (Å²) in [4.78, 5) is 6.84. The molecular formula is C19H28N4O. The Morgan fingerprint density at radius 2 is 1.96 bits per heavy atom. The normalized spacial score (nSPS) is 11.8. The number of nitrogens with zero attached hydrogens (tertiary/aromatic N) is 2. The number of hydrogen-bond acceptors (Lipinski definition) is 3. The Morgan fingerprint density at radius 1 is 1.12 bits per heavy atom. The van der Waals surface area contributed by atoms with Gasteiger partial charge in [-0.05, 0) is 44.3 Å². The van der Waals surface area contributed by atoms with Crippen molar-refractivity contribution in [2.24, 2.45) is 4.99 Å². The van der Waals surface area contributed by atoms with Crippen LogP contribution >= 0.6 is 0 Å². The quantitative estimate of drug-likeness (QED) is 0.578. The van der Waals surface area contributed by atoms with Crippen molar-refractivity contribution in [1.29, 1.82) is 0 Å².